The lowest BCUT2D eigenvalue weighted by Crippen LogP contribution is -2.25. The van der Waals surface area contributed by atoms with Gasteiger partial charge in [0.1, 0.15) is 0 Å². The minimum absolute atomic E-state index is 0.0829. The molecule has 0 aliphatic rings. The summed E-state index contributed by atoms with van der Waals surface area (Å²) in [5.74, 6) is 0.289. The van der Waals surface area contributed by atoms with Crippen molar-refractivity contribution in [2.45, 2.75) is 6.92 Å². The van der Waals surface area contributed by atoms with Crippen LogP contribution in [0.25, 0.3) is 0 Å². The molecule has 0 saturated carbocycles. The van der Waals surface area contributed by atoms with E-state index in [-0.39, 0.29) is 17.5 Å². The van der Waals surface area contributed by atoms with Gasteiger partial charge in [-0.15, -0.1) is 10.2 Å². The van der Waals surface area contributed by atoms with Crippen molar-refractivity contribution in [3.63, 3.8) is 0 Å². The lowest BCUT2D eigenvalue weighted by molar-refractivity contribution is 0.0957. The van der Waals surface area contributed by atoms with Gasteiger partial charge in [-0.25, -0.2) is 0 Å². The highest BCUT2D eigenvalue weighted by molar-refractivity contribution is 5.91. The molecule has 0 aliphatic carbocycles. The van der Waals surface area contributed by atoms with Crippen LogP contribution in [0.1, 0.15) is 17.4 Å². The second-order valence-corrected chi connectivity index (χ2v) is 3.77. The van der Waals surface area contributed by atoms with Crippen molar-refractivity contribution in [1.82, 2.24) is 15.5 Å². The molecular formula is C11H15N5O. The third-order valence-corrected chi connectivity index (χ3v) is 2.27. The van der Waals surface area contributed by atoms with Gasteiger partial charge < -0.3 is 10.2 Å². The first kappa shape index (κ1) is 12.9. The Balaban J connectivity index is 2.74. The zero-order valence-electron chi connectivity index (χ0n) is 10.1. The number of nitriles is 1. The van der Waals surface area contributed by atoms with Gasteiger partial charge in [0.25, 0.3) is 5.91 Å². The Kier molecular flexibility index (Phi) is 4.40. The van der Waals surface area contributed by atoms with Gasteiger partial charge in [0.2, 0.25) is 0 Å². The van der Waals surface area contributed by atoms with E-state index in [0.717, 1.165) is 0 Å². The van der Waals surface area contributed by atoms with Crippen LogP contribution in [0.3, 0.4) is 0 Å². The number of hydrogen-bond donors (Lipinski definition) is 1. The van der Waals surface area contributed by atoms with E-state index >= 15 is 0 Å². The summed E-state index contributed by atoms with van der Waals surface area (Å²) in [5, 5.41) is 18.9. The average molecular weight is 233 g/mol. The highest BCUT2D eigenvalue weighted by atomic mass is 16.1. The van der Waals surface area contributed by atoms with E-state index in [4.69, 9.17) is 5.26 Å². The Hall–Kier alpha value is -2.16. The van der Waals surface area contributed by atoms with E-state index in [9.17, 15) is 4.79 Å². The molecule has 0 spiro atoms. The number of rotatable bonds is 4. The van der Waals surface area contributed by atoms with Gasteiger partial charge in [0.15, 0.2) is 11.5 Å². The molecule has 0 bridgehead atoms. The number of hydrogen-bond acceptors (Lipinski definition) is 5. The van der Waals surface area contributed by atoms with E-state index in [2.05, 4.69) is 21.6 Å². The first-order valence-electron chi connectivity index (χ1n) is 5.25. The monoisotopic (exact) mass is 233 g/mol. The van der Waals surface area contributed by atoms with Crippen molar-refractivity contribution in [2.24, 2.45) is 5.92 Å². The maximum absolute atomic E-state index is 11.2. The van der Waals surface area contributed by atoms with Gasteiger partial charge >= 0.3 is 0 Å². The van der Waals surface area contributed by atoms with Crippen molar-refractivity contribution in [2.75, 3.05) is 25.5 Å². The maximum atomic E-state index is 11.2. The van der Waals surface area contributed by atoms with Gasteiger partial charge in [-0.3, -0.25) is 4.79 Å². The molecule has 0 radical (unpaired) electrons. The highest BCUT2D eigenvalue weighted by Gasteiger charge is 2.10. The highest BCUT2D eigenvalue weighted by Crippen LogP contribution is 2.09. The molecule has 1 N–H and O–H groups in total. The van der Waals surface area contributed by atoms with E-state index in [0.29, 0.717) is 12.4 Å². The third kappa shape index (κ3) is 3.41. The molecule has 17 heavy (non-hydrogen) atoms. The normalized spacial score (nSPS) is 11.4. The van der Waals surface area contributed by atoms with Gasteiger partial charge in [0.05, 0.1) is 12.0 Å². The van der Waals surface area contributed by atoms with Crippen LogP contribution in [0.2, 0.25) is 0 Å². The van der Waals surface area contributed by atoms with Crippen molar-refractivity contribution in [3.05, 3.63) is 17.8 Å². The van der Waals surface area contributed by atoms with Gasteiger partial charge in [-0.1, -0.05) is 0 Å². The third-order valence-electron chi connectivity index (χ3n) is 2.27. The Morgan fingerprint density at radius 3 is 2.76 bits per heavy atom. The van der Waals surface area contributed by atoms with Crippen LogP contribution in [0, 0.1) is 17.2 Å². The predicted octanol–water partition coefficient (Wildman–Crippen LogP) is 0.432. The predicted molar refractivity (Wildman–Crippen MR) is 63.5 cm³/mol. The SMILES string of the molecule is CNC(=O)c1ccc(N(C)CC(C)C#N)nn1. The number of nitrogens with zero attached hydrogens (tertiary/aromatic N) is 4. The largest absolute Gasteiger partial charge is 0.357 e. The summed E-state index contributed by atoms with van der Waals surface area (Å²) in [7, 11) is 3.37. The molecule has 1 atom stereocenters. The van der Waals surface area contributed by atoms with E-state index in [1.165, 1.54) is 0 Å². The van der Waals surface area contributed by atoms with Crippen molar-refractivity contribution >= 4 is 11.7 Å². The number of nitrogens with one attached hydrogen (secondary N) is 1. The Morgan fingerprint density at radius 1 is 1.59 bits per heavy atom. The molecule has 0 aliphatic heterocycles. The molecular weight excluding hydrogens is 218 g/mol. The zero-order valence-corrected chi connectivity index (χ0v) is 10.1. The molecule has 6 heteroatoms. The minimum atomic E-state index is -0.267. The first-order chi connectivity index (χ1) is 8.08. The number of carbonyl (C=O) groups is 1. The summed E-state index contributed by atoms with van der Waals surface area (Å²) < 4.78 is 0. The Labute approximate surface area is 100 Å². The summed E-state index contributed by atoms with van der Waals surface area (Å²) in [6.07, 6.45) is 0. The molecule has 1 amide bonds. The van der Waals surface area contributed by atoms with Crippen LogP contribution >= 0.6 is 0 Å². The molecule has 1 rings (SSSR count). The quantitative estimate of drug-likeness (QED) is 0.815. The van der Waals surface area contributed by atoms with Crippen LogP contribution in [0.4, 0.5) is 5.82 Å². The number of anilines is 1. The summed E-state index contributed by atoms with van der Waals surface area (Å²) in [4.78, 5) is 13.1. The lowest BCUT2D eigenvalue weighted by Gasteiger charge is -2.18. The number of amides is 1. The number of aromatic nitrogens is 2. The van der Waals surface area contributed by atoms with Crippen LogP contribution in [0.5, 0.6) is 0 Å². The van der Waals surface area contributed by atoms with Crippen LogP contribution < -0.4 is 10.2 Å². The van der Waals surface area contributed by atoms with Crippen molar-refractivity contribution in [3.8, 4) is 6.07 Å². The molecule has 0 saturated heterocycles. The fraction of sp³-hybridized carbons (Fsp3) is 0.455. The Bertz CT molecular complexity index is 422. The maximum Gasteiger partial charge on any atom is 0.271 e. The molecule has 0 aromatic carbocycles. The molecule has 1 heterocycles. The fourth-order valence-corrected chi connectivity index (χ4v) is 1.32. The zero-order chi connectivity index (χ0) is 12.8. The standard InChI is InChI=1S/C11H15N5O/c1-8(6-12)7-16(3)10-5-4-9(14-15-10)11(17)13-2/h4-5,8H,7H2,1-3H3,(H,13,17). The smallest absolute Gasteiger partial charge is 0.271 e. The molecule has 90 valence electrons. The van der Waals surface area contributed by atoms with Crippen molar-refractivity contribution in [1.29, 1.82) is 5.26 Å². The van der Waals surface area contributed by atoms with Gasteiger partial charge in [-0.2, -0.15) is 5.26 Å². The second-order valence-electron chi connectivity index (χ2n) is 3.77. The van der Waals surface area contributed by atoms with Gasteiger partial charge in [0, 0.05) is 20.6 Å². The molecule has 1 unspecified atom stereocenters. The summed E-state index contributed by atoms with van der Waals surface area (Å²) in [6.45, 7) is 2.41. The van der Waals surface area contributed by atoms with Crippen LogP contribution in [0.15, 0.2) is 12.1 Å². The minimum Gasteiger partial charge on any atom is -0.357 e. The van der Waals surface area contributed by atoms with E-state index in [1.807, 2.05) is 18.9 Å². The molecule has 0 fully saturated rings. The number of carbonyl (C=O) groups excluding carboxylic acids is 1. The van der Waals surface area contributed by atoms with Crippen molar-refractivity contribution < 1.29 is 4.79 Å². The summed E-state index contributed by atoms with van der Waals surface area (Å²) in [5.41, 5.74) is 0.276. The van der Waals surface area contributed by atoms with Gasteiger partial charge in [-0.05, 0) is 19.1 Å². The summed E-state index contributed by atoms with van der Waals surface area (Å²) in [6, 6.07) is 5.47. The average Bonchev–Trinajstić information content (AvgIpc) is 2.37. The van der Waals surface area contributed by atoms with Crippen LogP contribution in [-0.4, -0.2) is 36.7 Å². The van der Waals surface area contributed by atoms with Crippen LogP contribution in [-0.2, 0) is 0 Å². The van der Waals surface area contributed by atoms with E-state index in [1.54, 1.807) is 19.2 Å². The summed E-state index contributed by atoms with van der Waals surface area (Å²) >= 11 is 0. The second kappa shape index (κ2) is 5.80. The molecule has 6 nitrogen and oxygen atoms in total. The topological polar surface area (TPSA) is 81.9 Å². The first-order valence-corrected chi connectivity index (χ1v) is 5.25. The fourth-order valence-electron chi connectivity index (χ4n) is 1.32. The van der Waals surface area contributed by atoms with E-state index < -0.39 is 0 Å². The lowest BCUT2D eigenvalue weighted by atomic mass is 10.2. The molecule has 1 aromatic heterocycles. The Morgan fingerprint density at radius 2 is 2.29 bits per heavy atom. The molecule has 1 aromatic rings.